The third-order valence-electron chi connectivity index (χ3n) is 2.91. The van der Waals surface area contributed by atoms with Gasteiger partial charge in [-0.05, 0) is 52.3 Å². The van der Waals surface area contributed by atoms with Crippen LogP contribution in [0.3, 0.4) is 0 Å². The number of hydrogen-bond acceptors (Lipinski definition) is 4. The van der Waals surface area contributed by atoms with Crippen LogP contribution in [0, 0.1) is 0 Å². The molecule has 4 heteroatoms. The fourth-order valence-electron chi connectivity index (χ4n) is 1.86. The highest BCUT2D eigenvalue weighted by molar-refractivity contribution is 5.43. The van der Waals surface area contributed by atoms with E-state index in [0.29, 0.717) is 19.8 Å². The molecule has 0 radical (unpaired) electrons. The first-order chi connectivity index (χ1) is 9.37. The normalized spacial score (nSPS) is 13.1. The van der Waals surface area contributed by atoms with E-state index in [2.05, 4.69) is 12.2 Å². The molecule has 1 unspecified atom stereocenters. The number of benzene rings is 1. The van der Waals surface area contributed by atoms with E-state index in [4.69, 9.17) is 9.47 Å². The van der Waals surface area contributed by atoms with Gasteiger partial charge in [0.15, 0.2) is 11.5 Å². The Kier molecular flexibility index (Phi) is 6.30. The van der Waals surface area contributed by atoms with E-state index in [9.17, 15) is 5.11 Å². The van der Waals surface area contributed by atoms with Gasteiger partial charge in [-0.25, -0.2) is 0 Å². The van der Waals surface area contributed by atoms with Gasteiger partial charge in [0.25, 0.3) is 0 Å². The molecule has 114 valence electrons. The van der Waals surface area contributed by atoms with Crippen LogP contribution in [-0.2, 0) is 0 Å². The monoisotopic (exact) mass is 281 g/mol. The maximum Gasteiger partial charge on any atom is 0.161 e. The van der Waals surface area contributed by atoms with E-state index in [1.165, 1.54) is 0 Å². The van der Waals surface area contributed by atoms with Crippen molar-refractivity contribution < 1.29 is 14.6 Å². The Morgan fingerprint density at radius 1 is 1.15 bits per heavy atom. The molecular formula is C16H27NO3. The number of rotatable bonds is 8. The van der Waals surface area contributed by atoms with E-state index >= 15 is 0 Å². The zero-order valence-electron chi connectivity index (χ0n) is 13.2. The standard InChI is InChI=1S/C16H27NO3/c1-6-19-14-9-8-13(10-15(14)20-7-2)12(3)17-11-16(4,5)18/h8-10,12,17-18H,6-7,11H2,1-5H3. The van der Waals surface area contributed by atoms with Crippen molar-refractivity contribution in [1.29, 1.82) is 0 Å². The molecule has 0 aromatic heterocycles. The largest absolute Gasteiger partial charge is 0.490 e. The molecule has 0 aliphatic rings. The van der Waals surface area contributed by atoms with E-state index in [-0.39, 0.29) is 6.04 Å². The van der Waals surface area contributed by atoms with Crippen LogP contribution in [0.25, 0.3) is 0 Å². The Bertz CT molecular complexity index is 413. The van der Waals surface area contributed by atoms with Gasteiger partial charge >= 0.3 is 0 Å². The highest BCUT2D eigenvalue weighted by atomic mass is 16.5. The van der Waals surface area contributed by atoms with Gasteiger partial charge in [-0.15, -0.1) is 0 Å². The lowest BCUT2D eigenvalue weighted by Crippen LogP contribution is -2.36. The molecule has 1 aromatic rings. The summed E-state index contributed by atoms with van der Waals surface area (Å²) in [7, 11) is 0. The van der Waals surface area contributed by atoms with Crippen LogP contribution in [-0.4, -0.2) is 30.5 Å². The highest BCUT2D eigenvalue weighted by Gasteiger charge is 2.16. The third kappa shape index (κ3) is 5.39. The van der Waals surface area contributed by atoms with Crippen molar-refractivity contribution >= 4 is 0 Å². The number of ether oxygens (including phenoxy) is 2. The minimum absolute atomic E-state index is 0.135. The second kappa shape index (κ2) is 7.50. The molecule has 1 rings (SSSR count). The fraction of sp³-hybridized carbons (Fsp3) is 0.625. The van der Waals surface area contributed by atoms with E-state index in [0.717, 1.165) is 17.1 Å². The first kappa shape index (κ1) is 16.8. The van der Waals surface area contributed by atoms with E-state index in [1.54, 1.807) is 13.8 Å². The zero-order chi connectivity index (χ0) is 15.2. The summed E-state index contributed by atoms with van der Waals surface area (Å²) in [4.78, 5) is 0. The van der Waals surface area contributed by atoms with Crippen molar-refractivity contribution in [2.24, 2.45) is 0 Å². The van der Waals surface area contributed by atoms with Crippen molar-refractivity contribution in [2.75, 3.05) is 19.8 Å². The minimum Gasteiger partial charge on any atom is -0.490 e. The number of nitrogens with one attached hydrogen (secondary N) is 1. The molecule has 0 fully saturated rings. The van der Waals surface area contributed by atoms with Gasteiger partial charge in [-0.2, -0.15) is 0 Å². The third-order valence-corrected chi connectivity index (χ3v) is 2.91. The first-order valence-corrected chi connectivity index (χ1v) is 7.22. The van der Waals surface area contributed by atoms with Crippen LogP contribution in [0.15, 0.2) is 18.2 Å². The quantitative estimate of drug-likeness (QED) is 0.769. The van der Waals surface area contributed by atoms with Crippen LogP contribution < -0.4 is 14.8 Å². The lowest BCUT2D eigenvalue weighted by molar-refractivity contribution is 0.0770. The van der Waals surface area contributed by atoms with E-state index < -0.39 is 5.60 Å². The van der Waals surface area contributed by atoms with Gasteiger partial charge in [0.05, 0.1) is 18.8 Å². The summed E-state index contributed by atoms with van der Waals surface area (Å²) in [5, 5.41) is 13.1. The fourth-order valence-corrected chi connectivity index (χ4v) is 1.86. The average Bonchev–Trinajstić information content (AvgIpc) is 2.37. The maximum absolute atomic E-state index is 9.76. The predicted octanol–water partition coefficient (Wildman–Crippen LogP) is 2.91. The van der Waals surface area contributed by atoms with Gasteiger partial charge in [-0.3, -0.25) is 0 Å². The Labute approximate surface area is 122 Å². The smallest absolute Gasteiger partial charge is 0.161 e. The second-order valence-corrected chi connectivity index (χ2v) is 5.49. The molecule has 1 aromatic carbocycles. The van der Waals surface area contributed by atoms with Crippen LogP contribution in [0.4, 0.5) is 0 Å². The van der Waals surface area contributed by atoms with Gasteiger partial charge in [0, 0.05) is 12.6 Å². The summed E-state index contributed by atoms with van der Waals surface area (Å²) in [6.45, 7) is 11.3. The molecule has 0 bridgehead atoms. The zero-order valence-corrected chi connectivity index (χ0v) is 13.2. The number of aliphatic hydroxyl groups is 1. The summed E-state index contributed by atoms with van der Waals surface area (Å²) in [5.41, 5.74) is 0.392. The molecular weight excluding hydrogens is 254 g/mol. The Balaban J connectivity index is 2.82. The Morgan fingerprint density at radius 2 is 1.75 bits per heavy atom. The first-order valence-electron chi connectivity index (χ1n) is 7.22. The van der Waals surface area contributed by atoms with E-state index in [1.807, 2.05) is 32.0 Å². The second-order valence-electron chi connectivity index (χ2n) is 5.49. The van der Waals surface area contributed by atoms with Gasteiger partial charge < -0.3 is 19.9 Å². The van der Waals surface area contributed by atoms with Crippen LogP contribution in [0.1, 0.15) is 46.2 Å². The van der Waals surface area contributed by atoms with Crippen molar-refractivity contribution in [3.63, 3.8) is 0 Å². The summed E-state index contributed by atoms with van der Waals surface area (Å²) < 4.78 is 11.2. The Morgan fingerprint density at radius 3 is 2.30 bits per heavy atom. The average molecular weight is 281 g/mol. The molecule has 0 aliphatic heterocycles. The summed E-state index contributed by atoms with van der Waals surface area (Å²) >= 11 is 0. The molecule has 0 heterocycles. The molecule has 0 saturated heterocycles. The predicted molar refractivity (Wildman–Crippen MR) is 81.5 cm³/mol. The molecule has 2 N–H and O–H groups in total. The molecule has 1 atom stereocenters. The van der Waals surface area contributed by atoms with Gasteiger partial charge in [0.2, 0.25) is 0 Å². The molecule has 0 amide bonds. The maximum atomic E-state index is 9.76. The van der Waals surface area contributed by atoms with Crippen molar-refractivity contribution in [3.8, 4) is 11.5 Å². The van der Waals surface area contributed by atoms with Crippen molar-refractivity contribution in [1.82, 2.24) is 5.32 Å². The van der Waals surface area contributed by atoms with Crippen molar-refractivity contribution in [2.45, 2.75) is 46.3 Å². The lowest BCUT2D eigenvalue weighted by atomic mass is 10.1. The molecule has 20 heavy (non-hydrogen) atoms. The molecule has 4 nitrogen and oxygen atoms in total. The summed E-state index contributed by atoms with van der Waals surface area (Å²) in [6.07, 6.45) is 0. The van der Waals surface area contributed by atoms with Crippen LogP contribution in [0.5, 0.6) is 11.5 Å². The Hall–Kier alpha value is -1.26. The molecule has 0 aliphatic carbocycles. The lowest BCUT2D eigenvalue weighted by Gasteiger charge is -2.22. The van der Waals surface area contributed by atoms with Crippen LogP contribution >= 0.6 is 0 Å². The molecule has 0 saturated carbocycles. The van der Waals surface area contributed by atoms with Gasteiger partial charge in [-0.1, -0.05) is 6.07 Å². The minimum atomic E-state index is -0.720. The summed E-state index contributed by atoms with van der Waals surface area (Å²) in [5.74, 6) is 1.54. The number of hydrogen-bond donors (Lipinski definition) is 2. The van der Waals surface area contributed by atoms with Crippen LogP contribution in [0.2, 0.25) is 0 Å². The SMILES string of the molecule is CCOc1ccc(C(C)NCC(C)(C)O)cc1OCC. The topological polar surface area (TPSA) is 50.7 Å². The molecule has 0 spiro atoms. The highest BCUT2D eigenvalue weighted by Crippen LogP contribution is 2.30. The summed E-state index contributed by atoms with van der Waals surface area (Å²) in [6, 6.07) is 6.09. The van der Waals surface area contributed by atoms with Gasteiger partial charge in [0.1, 0.15) is 0 Å². The van der Waals surface area contributed by atoms with Crippen molar-refractivity contribution in [3.05, 3.63) is 23.8 Å².